The van der Waals surface area contributed by atoms with Crippen LogP contribution in [0.25, 0.3) is 0 Å². The normalized spacial score (nSPS) is 15.0. The number of sulfonamides is 1. The van der Waals surface area contributed by atoms with Gasteiger partial charge in [0.2, 0.25) is 0 Å². The molecular formula is C22H27NO5S. The molecule has 0 amide bonds. The average Bonchev–Trinajstić information content (AvgIpc) is 2.73. The van der Waals surface area contributed by atoms with E-state index >= 15 is 0 Å². The van der Waals surface area contributed by atoms with Gasteiger partial charge in [0.15, 0.2) is 6.61 Å². The van der Waals surface area contributed by atoms with Crippen molar-refractivity contribution >= 4 is 21.7 Å². The van der Waals surface area contributed by atoms with Crippen LogP contribution in [0.5, 0.6) is 5.75 Å². The maximum Gasteiger partial charge on any atom is 0.344 e. The van der Waals surface area contributed by atoms with E-state index < -0.39 is 10.0 Å². The number of carbonyl (C=O) groups excluding carboxylic acids is 1. The molecule has 156 valence electrons. The number of ether oxygens (including phenoxy) is 2. The van der Waals surface area contributed by atoms with Crippen LogP contribution in [0.3, 0.4) is 0 Å². The number of hydrogen-bond acceptors (Lipinski definition) is 5. The third kappa shape index (κ3) is 5.50. The molecule has 1 saturated carbocycles. The van der Waals surface area contributed by atoms with Crippen LogP contribution in [0.4, 0.5) is 5.69 Å². The first-order chi connectivity index (χ1) is 13.9. The number of nitrogens with zero attached hydrogens (tertiary/aromatic N) is 1. The molecule has 0 bridgehead atoms. The fourth-order valence-corrected chi connectivity index (χ4v) is 4.50. The summed E-state index contributed by atoms with van der Waals surface area (Å²) in [6.07, 6.45) is 5.23. The average molecular weight is 418 g/mol. The highest BCUT2D eigenvalue weighted by atomic mass is 32.2. The predicted octanol–water partition coefficient (Wildman–Crippen LogP) is 4.07. The van der Waals surface area contributed by atoms with Gasteiger partial charge in [-0.05, 0) is 69.0 Å². The second kappa shape index (κ2) is 9.31. The van der Waals surface area contributed by atoms with E-state index in [2.05, 4.69) is 0 Å². The zero-order chi connectivity index (χ0) is 20.9. The summed E-state index contributed by atoms with van der Waals surface area (Å²) in [4.78, 5) is 12.2. The van der Waals surface area contributed by atoms with Gasteiger partial charge in [0, 0.05) is 7.05 Å². The van der Waals surface area contributed by atoms with Crippen molar-refractivity contribution in [3.8, 4) is 5.75 Å². The summed E-state index contributed by atoms with van der Waals surface area (Å²) in [5.74, 6) is 0.107. The van der Waals surface area contributed by atoms with E-state index in [1.54, 1.807) is 48.5 Å². The summed E-state index contributed by atoms with van der Waals surface area (Å²) in [6.45, 7) is 1.75. The van der Waals surface area contributed by atoms with Crippen molar-refractivity contribution in [3.63, 3.8) is 0 Å². The van der Waals surface area contributed by atoms with E-state index in [1.165, 1.54) is 17.8 Å². The minimum Gasteiger partial charge on any atom is -0.482 e. The summed E-state index contributed by atoms with van der Waals surface area (Å²) in [5.41, 5.74) is 1.50. The zero-order valence-corrected chi connectivity index (χ0v) is 17.7. The molecule has 0 radical (unpaired) electrons. The van der Waals surface area contributed by atoms with Crippen LogP contribution in [0.15, 0.2) is 53.4 Å². The molecule has 7 heteroatoms. The minimum absolute atomic E-state index is 0.00264. The highest BCUT2D eigenvalue weighted by molar-refractivity contribution is 7.92. The van der Waals surface area contributed by atoms with Crippen molar-refractivity contribution in [3.05, 3.63) is 54.1 Å². The van der Waals surface area contributed by atoms with E-state index in [1.807, 2.05) is 6.92 Å². The van der Waals surface area contributed by atoms with E-state index in [0.717, 1.165) is 31.2 Å². The lowest BCUT2D eigenvalue weighted by molar-refractivity contribution is -0.152. The van der Waals surface area contributed by atoms with Gasteiger partial charge in [-0.25, -0.2) is 13.2 Å². The van der Waals surface area contributed by atoms with Gasteiger partial charge in [-0.3, -0.25) is 4.31 Å². The van der Waals surface area contributed by atoms with Crippen LogP contribution in [-0.2, 0) is 19.6 Å². The van der Waals surface area contributed by atoms with E-state index in [-0.39, 0.29) is 23.6 Å². The van der Waals surface area contributed by atoms with Crippen LogP contribution in [-0.4, -0.2) is 34.1 Å². The molecule has 6 nitrogen and oxygen atoms in total. The Morgan fingerprint density at radius 3 is 2.24 bits per heavy atom. The first kappa shape index (κ1) is 21.2. The highest BCUT2D eigenvalue weighted by Gasteiger charge is 2.21. The Morgan fingerprint density at radius 2 is 1.62 bits per heavy atom. The van der Waals surface area contributed by atoms with Gasteiger partial charge in [0.25, 0.3) is 10.0 Å². The van der Waals surface area contributed by atoms with Gasteiger partial charge in [-0.1, -0.05) is 24.1 Å². The number of benzene rings is 2. The van der Waals surface area contributed by atoms with Gasteiger partial charge in [-0.2, -0.15) is 0 Å². The van der Waals surface area contributed by atoms with Gasteiger partial charge in [-0.15, -0.1) is 0 Å². The van der Waals surface area contributed by atoms with Crippen molar-refractivity contribution in [2.45, 2.75) is 50.0 Å². The number of hydrogen-bond donors (Lipinski definition) is 0. The Labute approximate surface area is 172 Å². The molecule has 3 rings (SSSR count). The lowest BCUT2D eigenvalue weighted by Crippen LogP contribution is -2.26. The largest absolute Gasteiger partial charge is 0.482 e. The van der Waals surface area contributed by atoms with Crippen LogP contribution in [0, 0.1) is 6.92 Å². The standard InChI is InChI=1S/C22H27NO5S/c1-17-8-14-21(15-9-17)29(25,26)23(2)18-10-12-19(13-11-18)27-16-22(24)28-20-6-4-3-5-7-20/h8-15,20H,3-7,16H2,1-2H3. The molecule has 0 spiro atoms. The zero-order valence-electron chi connectivity index (χ0n) is 16.8. The number of anilines is 1. The summed E-state index contributed by atoms with van der Waals surface area (Å²) >= 11 is 0. The van der Waals surface area contributed by atoms with Crippen LogP contribution in [0.2, 0.25) is 0 Å². The third-order valence-corrected chi connectivity index (χ3v) is 6.89. The van der Waals surface area contributed by atoms with Crippen LogP contribution < -0.4 is 9.04 Å². The summed E-state index contributed by atoms with van der Waals surface area (Å²) < 4.78 is 37.7. The fraction of sp³-hybridized carbons (Fsp3) is 0.409. The molecule has 0 saturated heterocycles. The Bertz CT molecular complexity index is 917. The predicted molar refractivity (Wildman–Crippen MR) is 112 cm³/mol. The lowest BCUT2D eigenvalue weighted by Gasteiger charge is -2.22. The number of carbonyl (C=O) groups is 1. The van der Waals surface area contributed by atoms with Gasteiger partial charge < -0.3 is 9.47 Å². The molecule has 2 aromatic carbocycles. The minimum atomic E-state index is -3.65. The lowest BCUT2D eigenvalue weighted by atomic mass is 9.98. The quantitative estimate of drug-likeness (QED) is 0.635. The monoisotopic (exact) mass is 417 g/mol. The van der Waals surface area contributed by atoms with Crippen molar-refractivity contribution in [1.29, 1.82) is 0 Å². The van der Waals surface area contributed by atoms with Crippen LogP contribution in [0.1, 0.15) is 37.7 Å². The maximum atomic E-state index is 12.8. The Balaban J connectivity index is 1.57. The molecular weight excluding hydrogens is 390 g/mol. The first-order valence-electron chi connectivity index (χ1n) is 9.84. The Morgan fingerprint density at radius 1 is 1.00 bits per heavy atom. The van der Waals surface area contributed by atoms with Crippen molar-refractivity contribution in [2.24, 2.45) is 0 Å². The highest BCUT2D eigenvalue weighted by Crippen LogP contribution is 2.25. The maximum absolute atomic E-state index is 12.8. The number of rotatable bonds is 7. The smallest absolute Gasteiger partial charge is 0.344 e. The molecule has 0 N–H and O–H groups in total. The second-order valence-electron chi connectivity index (χ2n) is 7.32. The van der Waals surface area contributed by atoms with Gasteiger partial charge in [0.1, 0.15) is 11.9 Å². The molecule has 2 aromatic rings. The molecule has 29 heavy (non-hydrogen) atoms. The van der Waals surface area contributed by atoms with Crippen molar-refractivity contribution in [2.75, 3.05) is 18.0 Å². The van der Waals surface area contributed by atoms with E-state index in [9.17, 15) is 13.2 Å². The molecule has 0 unspecified atom stereocenters. The summed E-state index contributed by atoms with van der Waals surface area (Å²) in [5, 5.41) is 0. The summed E-state index contributed by atoms with van der Waals surface area (Å²) in [7, 11) is -2.14. The molecule has 0 aromatic heterocycles. The van der Waals surface area contributed by atoms with Crippen molar-refractivity contribution < 1.29 is 22.7 Å². The fourth-order valence-electron chi connectivity index (χ4n) is 3.30. The number of aryl methyl sites for hydroxylation is 1. The van der Waals surface area contributed by atoms with E-state index in [4.69, 9.17) is 9.47 Å². The van der Waals surface area contributed by atoms with E-state index in [0.29, 0.717) is 11.4 Å². The van der Waals surface area contributed by atoms with Crippen molar-refractivity contribution in [1.82, 2.24) is 0 Å². The Kier molecular flexibility index (Phi) is 6.79. The molecule has 0 aliphatic heterocycles. The van der Waals surface area contributed by atoms with Gasteiger partial charge in [0.05, 0.1) is 10.6 Å². The van der Waals surface area contributed by atoms with Crippen LogP contribution >= 0.6 is 0 Å². The van der Waals surface area contributed by atoms with Gasteiger partial charge >= 0.3 is 5.97 Å². The molecule has 0 atom stereocenters. The third-order valence-electron chi connectivity index (χ3n) is 5.09. The SMILES string of the molecule is Cc1ccc(S(=O)(=O)N(C)c2ccc(OCC(=O)OC3CCCCC3)cc2)cc1. The number of esters is 1. The molecule has 1 aliphatic rings. The molecule has 1 aliphatic carbocycles. The molecule has 0 heterocycles. The first-order valence-corrected chi connectivity index (χ1v) is 11.3. The molecule has 1 fully saturated rings. The topological polar surface area (TPSA) is 72.9 Å². The second-order valence-corrected chi connectivity index (χ2v) is 9.29. The summed E-state index contributed by atoms with van der Waals surface area (Å²) in [6, 6.07) is 13.3. The Hall–Kier alpha value is -2.54.